The highest BCUT2D eigenvalue weighted by molar-refractivity contribution is 5.70. The van der Waals surface area contributed by atoms with Crippen LogP contribution in [-0.2, 0) is 38.0 Å². The Morgan fingerprint density at radius 2 is 0.826 bits per heavy atom. The number of aliphatic hydroxyl groups excluding tert-OH is 7. The van der Waals surface area contributed by atoms with Gasteiger partial charge in [-0.25, -0.2) is 0 Å². The number of unbranched alkanes of at least 4 members (excludes halogenated alkanes) is 28. The number of hydrogen-bond acceptors (Lipinski definition) is 15. The zero-order chi connectivity index (χ0) is 50.3. The van der Waals surface area contributed by atoms with Gasteiger partial charge in [0.2, 0.25) is 0 Å². The molecule has 0 aromatic rings. The van der Waals surface area contributed by atoms with Crippen molar-refractivity contribution in [2.45, 2.75) is 293 Å². The first-order valence-electron chi connectivity index (χ1n) is 27.8. The first-order valence-corrected chi connectivity index (χ1v) is 27.8. The largest absolute Gasteiger partial charge is 0.462 e. The van der Waals surface area contributed by atoms with Crippen molar-refractivity contribution in [3.63, 3.8) is 0 Å². The van der Waals surface area contributed by atoms with E-state index in [0.717, 1.165) is 38.5 Å². The maximum absolute atomic E-state index is 13.0. The Bertz CT molecular complexity index is 1250. The van der Waals surface area contributed by atoms with Crippen LogP contribution in [0.1, 0.15) is 226 Å². The Balaban J connectivity index is 1.75. The molecular weight excluding hydrogens is 889 g/mol. The summed E-state index contributed by atoms with van der Waals surface area (Å²) >= 11 is 0. The summed E-state index contributed by atoms with van der Waals surface area (Å²) in [5.74, 6) is -0.914. The molecule has 0 aromatic carbocycles. The second-order valence-corrected chi connectivity index (χ2v) is 19.8. The molecule has 15 heteroatoms. The van der Waals surface area contributed by atoms with E-state index >= 15 is 0 Å². The lowest BCUT2D eigenvalue weighted by molar-refractivity contribution is -0.332. The normalized spacial score (nSPS) is 25.6. The van der Waals surface area contributed by atoms with E-state index in [1.54, 1.807) is 0 Å². The van der Waals surface area contributed by atoms with Crippen molar-refractivity contribution in [3.8, 4) is 0 Å². The summed E-state index contributed by atoms with van der Waals surface area (Å²) < 4.78 is 33.6. The Kier molecular flexibility index (Phi) is 38.3. The van der Waals surface area contributed by atoms with E-state index < -0.39 is 92.7 Å². The van der Waals surface area contributed by atoms with Gasteiger partial charge < -0.3 is 64.2 Å². The molecule has 0 aliphatic carbocycles. The first kappa shape index (κ1) is 63.4. The standard InChI is InChI=1S/C54H100O15/c1-3-5-7-9-11-13-15-17-18-19-20-21-22-23-24-25-27-29-31-33-35-37-46(57)67-42(39-64-45(56)36-34-32-30-28-26-16-14-12-10-8-6-4-2)40-65-53-52(63)50(61)48(59)44(69-53)41-66-54-51(62)49(60)47(58)43(38-55)68-54/h17-18,42-44,47-55,58-63H,3-16,19-41H2,1-2H3/b18-17+/t42-,43+,44+,47-,48-,49?,50?,51?,52?,53+,54+/m1/s1. The zero-order valence-corrected chi connectivity index (χ0v) is 43.1. The zero-order valence-electron chi connectivity index (χ0n) is 43.1. The van der Waals surface area contributed by atoms with Crippen LogP contribution in [0.5, 0.6) is 0 Å². The molecule has 0 spiro atoms. The van der Waals surface area contributed by atoms with Crippen LogP contribution in [0.3, 0.4) is 0 Å². The summed E-state index contributed by atoms with van der Waals surface area (Å²) in [5, 5.41) is 72.1. The fourth-order valence-corrected chi connectivity index (χ4v) is 8.92. The molecule has 2 heterocycles. The SMILES string of the molecule is CCCCCCCC/C=C/CCCCCCCCCCCCCC(=O)O[C@H](COC(=O)CCCCCCCCCCCCCC)CO[C@H]1O[C@@H](CO[C@H]2O[C@@H](CO)[C@@H](O)C(O)C2O)[C@@H](O)C(O)C1O. The van der Waals surface area contributed by atoms with Crippen LogP contribution in [0, 0.1) is 0 Å². The number of allylic oxidation sites excluding steroid dienone is 2. The van der Waals surface area contributed by atoms with E-state index in [4.69, 9.17) is 28.4 Å². The molecule has 0 radical (unpaired) electrons. The van der Waals surface area contributed by atoms with Gasteiger partial charge in [0, 0.05) is 12.8 Å². The number of aliphatic hydroxyl groups is 7. The van der Waals surface area contributed by atoms with Crippen molar-refractivity contribution in [2.24, 2.45) is 0 Å². The molecule has 7 N–H and O–H groups in total. The van der Waals surface area contributed by atoms with Crippen molar-refractivity contribution in [1.82, 2.24) is 0 Å². The van der Waals surface area contributed by atoms with Gasteiger partial charge >= 0.3 is 11.9 Å². The molecule has 406 valence electrons. The van der Waals surface area contributed by atoms with Gasteiger partial charge in [0.05, 0.1) is 19.8 Å². The minimum Gasteiger partial charge on any atom is -0.462 e. The topological polar surface area (TPSA) is 231 Å². The minimum atomic E-state index is -1.76. The van der Waals surface area contributed by atoms with Crippen LogP contribution in [0.2, 0.25) is 0 Å². The quantitative estimate of drug-likeness (QED) is 0.0172. The number of hydrogen-bond donors (Lipinski definition) is 7. The van der Waals surface area contributed by atoms with E-state index in [9.17, 15) is 45.3 Å². The summed E-state index contributed by atoms with van der Waals surface area (Å²) in [6.45, 7) is 2.61. The Morgan fingerprint density at radius 1 is 0.449 bits per heavy atom. The maximum Gasteiger partial charge on any atom is 0.306 e. The molecule has 0 bridgehead atoms. The van der Waals surface area contributed by atoms with Crippen molar-refractivity contribution in [3.05, 3.63) is 12.2 Å². The number of esters is 2. The van der Waals surface area contributed by atoms with Crippen molar-refractivity contribution < 1.29 is 73.8 Å². The van der Waals surface area contributed by atoms with Gasteiger partial charge in [-0.15, -0.1) is 0 Å². The van der Waals surface area contributed by atoms with E-state index in [2.05, 4.69) is 26.0 Å². The Morgan fingerprint density at radius 3 is 1.28 bits per heavy atom. The number of carbonyl (C=O) groups excluding carboxylic acids is 2. The van der Waals surface area contributed by atoms with E-state index in [0.29, 0.717) is 12.8 Å². The summed E-state index contributed by atoms with van der Waals surface area (Å²) in [6, 6.07) is 0. The fraction of sp³-hybridized carbons (Fsp3) is 0.926. The van der Waals surface area contributed by atoms with Crippen LogP contribution in [0.4, 0.5) is 0 Å². The van der Waals surface area contributed by atoms with Crippen molar-refractivity contribution >= 4 is 11.9 Å². The minimum absolute atomic E-state index is 0.169. The summed E-state index contributed by atoms with van der Waals surface area (Å²) in [6.07, 6.45) is 25.2. The van der Waals surface area contributed by atoms with Crippen LogP contribution < -0.4 is 0 Å². The molecule has 15 nitrogen and oxygen atoms in total. The van der Waals surface area contributed by atoms with Gasteiger partial charge in [-0.05, 0) is 38.5 Å². The molecular formula is C54H100O15. The van der Waals surface area contributed by atoms with Crippen LogP contribution >= 0.6 is 0 Å². The van der Waals surface area contributed by atoms with Gasteiger partial charge in [0.15, 0.2) is 18.7 Å². The molecule has 2 fully saturated rings. The molecule has 2 saturated heterocycles. The van der Waals surface area contributed by atoms with Crippen molar-refractivity contribution in [1.29, 1.82) is 0 Å². The smallest absolute Gasteiger partial charge is 0.306 e. The summed E-state index contributed by atoms with van der Waals surface area (Å²) in [4.78, 5) is 25.8. The third-order valence-electron chi connectivity index (χ3n) is 13.5. The third-order valence-corrected chi connectivity index (χ3v) is 13.5. The van der Waals surface area contributed by atoms with Gasteiger partial charge in [-0.2, -0.15) is 0 Å². The van der Waals surface area contributed by atoms with Gasteiger partial charge in [0.1, 0.15) is 55.4 Å². The van der Waals surface area contributed by atoms with Crippen LogP contribution in [0.25, 0.3) is 0 Å². The molecule has 0 aromatic heterocycles. The second-order valence-electron chi connectivity index (χ2n) is 19.8. The molecule has 0 amide bonds. The first-order chi connectivity index (χ1) is 33.5. The highest BCUT2D eigenvalue weighted by Gasteiger charge is 2.47. The highest BCUT2D eigenvalue weighted by atomic mass is 16.7. The Labute approximate surface area is 416 Å². The van der Waals surface area contributed by atoms with E-state index in [-0.39, 0.29) is 26.1 Å². The van der Waals surface area contributed by atoms with Gasteiger partial charge in [0.25, 0.3) is 0 Å². The Hall–Kier alpha value is -1.76. The fourth-order valence-electron chi connectivity index (χ4n) is 8.92. The van der Waals surface area contributed by atoms with Crippen LogP contribution in [-0.4, -0.2) is 142 Å². The van der Waals surface area contributed by atoms with E-state index in [1.165, 1.54) is 148 Å². The molecule has 11 atom stereocenters. The highest BCUT2D eigenvalue weighted by Crippen LogP contribution is 2.27. The molecule has 2 rings (SSSR count). The monoisotopic (exact) mass is 989 g/mol. The molecule has 2 aliphatic heterocycles. The number of carbonyl (C=O) groups is 2. The third kappa shape index (κ3) is 29.5. The second kappa shape index (κ2) is 41.7. The average molecular weight is 989 g/mol. The number of ether oxygens (including phenoxy) is 6. The lowest BCUT2D eigenvalue weighted by Gasteiger charge is -2.42. The average Bonchev–Trinajstić information content (AvgIpc) is 3.34. The molecule has 69 heavy (non-hydrogen) atoms. The predicted octanol–water partition coefficient (Wildman–Crippen LogP) is 8.55. The summed E-state index contributed by atoms with van der Waals surface area (Å²) in [5.41, 5.74) is 0. The molecule has 4 unspecified atom stereocenters. The maximum atomic E-state index is 13.0. The predicted molar refractivity (Wildman–Crippen MR) is 266 cm³/mol. The lowest BCUT2D eigenvalue weighted by atomic mass is 9.98. The van der Waals surface area contributed by atoms with Gasteiger partial charge in [-0.1, -0.05) is 187 Å². The number of rotatable bonds is 44. The van der Waals surface area contributed by atoms with Crippen molar-refractivity contribution in [2.75, 3.05) is 26.4 Å². The molecule has 2 aliphatic rings. The molecule has 0 saturated carbocycles. The van der Waals surface area contributed by atoms with Gasteiger partial charge in [-0.3, -0.25) is 9.59 Å². The van der Waals surface area contributed by atoms with E-state index in [1.807, 2.05) is 0 Å². The van der Waals surface area contributed by atoms with Crippen LogP contribution in [0.15, 0.2) is 12.2 Å². The lowest BCUT2D eigenvalue weighted by Crippen LogP contribution is -2.61. The summed E-state index contributed by atoms with van der Waals surface area (Å²) in [7, 11) is 0.